The van der Waals surface area contributed by atoms with Gasteiger partial charge in [0.2, 0.25) is 0 Å². The molecule has 39 heavy (non-hydrogen) atoms. The lowest BCUT2D eigenvalue weighted by Gasteiger charge is -2.47. The van der Waals surface area contributed by atoms with Crippen LogP contribution in [0.25, 0.3) is 5.57 Å². The molecule has 2 heterocycles. The van der Waals surface area contributed by atoms with Crippen molar-refractivity contribution in [2.75, 3.05) is 6.61 Å². The Balaban J connectivity index is 1.56. The molecule has 0 saturated carbocycles. The number of aromatic hydroxyl groups is 1. The third-order valence-electron chi connectivity index (χ3n) is 8.85. The van der Waals surface area contributed by atoms with Gasteiger partial charge in [-0.05, 0) is 61.8 Å². The molecule has 0 saturated heterocycles. The maximum absolute atomic E-state index is 11.5. The molecule has 2 atom stereocenters. The maximum Gasteiger partial charge on any atom is 0.156 e. The molecule has 217 valence electrons. The van der Waals surface area contributed by atoms with Gasteiger partial charge in [0.15, 0.2) is 5.82 Å². The number of hydrogen-bond acceptors (Lipinski definition) is 5. The van der Waals surface area contributed by atoms with Crippen molar-refractivity contribution in [1.82, 2.24) is 14.8 Å². The molecule has 0 fully saturated rings. The quantitative estimate of drug-likeness (QED) is 0.211. The Kier molecular flexibility index (Phi) is 9.01. The van der Waals surface area contributed by atoms with Crippen LogP contribution in [-0.4, -0.2) is 40.2 Å². The van der Waals surface area contributed by atoms with Crippen LogP contribution in [-0.2, 0) is 16.9 Å². The summed E-state index contributed by atoms with van der Waals surface area (Å²) >= 11 is 0. The number of allylic oxidation sites excluding steroid dienone is 2. The zero-order chi connectivity index (χ0) is 28.4. The first-order chi connectivity index (χ1) is 18.3. The molecule has 1 aromatic heterocycles. The first-order valence-electron chi connectivity index (χ1n) is 15.0. The Hall–Kier alpha value is -2.12. The number of hydrogen-bond donors (Lipinski definition) is 1. The summed E-state index contributed by atoms with van der Waals surface area (Å²) in [6.45, 7) is 19.5. The van der Waals surface area contributed by atoms with Gasteiger partial charge in [0.25, 0.3) is 0 Å². The van der Waals surface area contributed by atoms with Crippen molar-refractivity contribution in [2.24, 2.45) is 5.92 Å². The minimum absolute atomic E-state index is 0.0197. The van der Waals surface area contributed by atoms with Crippen LogP contribution in [0.1, 0.15) is 102 Å². The fourth-order valence-electron chi connectivity index (χ4n) is 6.24. The van der Waals surface area contributed by atoms with Crippen LogP contribution in [0.3, 0.4) is 0 Å². The summed E-state index contributed by atoms with van der Waals surface area (Å²) in [6.07, 6.45) is 11.7. The van der Waals surface area contributed by atoms with E-state index in [0.29, 0.717) is 12.5 Å². The fourth-order valence-corrected chi connectivity index (χ4v) is 7.00. The summed E-state index contributed by atoms with van der Waals surface area (Å²) in [6, 6.07) is 5.34. The van der Waals surface area contributed by atoms with E-state index in [-0.39, 0.29) is 22.9 Å². The molecule has 1 N–H and O–H groups in total. The number of nitrogens with zero attached hydrogens (tertiary/aromatic N) is 3. The predicted molar refractivity (Wildman–Crippen MR) is 162 cm³/mol. The highest BCUT2D eigenvalue weighted by Crippen LogP contribution is 2.56. The lowest BCUT2D eigenvalue weighted by atomic mass is 9.66. The minimum Gasteiger partial charge on any atom is -0.508 e. The number of ether oxygens (including phenoxy) is 2. The number of unbranched alkanes of at least 4 members (excludes halogenated alkanes) is 3. The lowest BCUT2D eigenvalue weighted by molar-refractivity contribution is 0.00895. The fraction of sp³-hybridized carbons (Fsp3) is 0.688. The number of aromatic nitrogens is 3. The molecule has 0 radical (unpaired) electrons. The van der Waals surface area contributed by atoms with E-state index in [1.165, 1.54) is 31.3 Å². The van der Waals surface area contributed by atoms with Crippen LogP contribution in [0.2, 0.25) is 25.7 Å². The molecule has 0 bridgehead atoms. The Morgan fingerprint density at radius 2 is 1.95 bits per heavy atom. The van der Waals surface area contributed by atoms with Gasteiger partial charge in [-0.15, -0.1) is 14.1 Å². The monoisotopic (exact) mass is 553 g/mol. The minimum atomic E-state index is -1.14. The maximum atomic E-state index is 11.5. The third-order valence-corrected chi connectivity index (χ3v) is 10.6. The second-order valence-corrected chi connectivity index (χ2v) is 19.7. The van der Waals surface area contributed by atoms with Gasteiger partial charge >= 0.3 is 0 Å². The number of fused-ring (bicyclic) bond motifs is 3. The predicted octanol–water partition coefficient (Wildman–Crippen LogP) is 8.29. The normalized spacial score (nSPS) is 20.7. The summed E-state index contributed by atoms with van der Waals surface area (Å²) in [5.41, 5.74) is 2.93. The van der Waals surface area contributed by atoms with Crippen molar-refractivity contribution >= 4 is 13.6 Å². The van der Waals surface area contributed by atoms with Gasteiger partial charge in [0.05, 0.1) is 0 Å². The molecule has 2 aliphatic rings. The van der Waals surface area contributed by atoms with Gasteiger partial charge in [0, 0.05) is 24.0 Å². The number of rotatable bonds is 12. The molecule has 7 heteroatoms. The molecule has 1 aliphatic carbocycles. The zero-order valence-corrected chi connectivity index (χ0v) is 26.6. The second-order valence-electron chi connectivity index (χ2n) is 14.1. The van der Waals surface area contributed by atoms with Crippen molar-refractivity contribution in [1.29, 1.82) is 0 Å². The zero-order valence-electron chi connectivity index (χ0n) is 25.6. The van der Waals surface area contributed by atoms with Crippen LogP contribution in [0.15, 0.2) is 24.5 Å². The average Bonchev–Trinajstić information content (AvgIpc) is 3.31. The van der Waals surface area contributed by atoms with Gasteiger partial charge in [-0.2, -0.15) is 24.7 Å². The summed E-state index contributed by atoms with van der Waals surface area (Å²) in [5, 5.41) is 15.9. The molecule has 0 amide bonds. The second kappa shape index (κ2) is 11.8. The topological polar surface area (TPSA) is 69.4 Å². The molecule has 6 nitrogen and oxygen atoms in total. The average molecular weight is 554 g/mol. The van der Waals surface area contributed by atoms with Crippen LogP contribution in [0, 0.1) is 5.92 Å². The molecule has 0 spiro atoms. The van der Waals surface area contributed by atoms with Gasteiger partial charge in [-0.1, -0.05) is 52.5 Å². The molecule has 1 aromatic carbocycles. The van der Waals surface area contributed by atoms with E-state index in [4.69, 9.17) is 9.47 Å². The van der Waals surface area contributed by atoms with Crippen LogP contribution < -0.4 is 4.74 Å². The lowest BCUT2D eigenvalue weighted by Crippen LogP contribution is -2.45. The van der Waals surface area contributed by atoms with Gasteiger partial charge in [-0.3, -0.25) is 0 Å². The molecular formula is C32H51N3O3Si-. The van der Waals surface area contributed by atoms with Crippen LogP contribution in [0.5, 0.6) is 11.5 Å². The molecule has 0 unspecified atom stereocenters. The SMILES string of the molecule is CCCCCCC(C)(C)c1cc(O)c2c(c1)OC(C)(C)[C@@H]1CC=C(c3ncnn3COCC[Si-](C)(C)C)C[C@@H]21. The van der Waals surface area contributed by atoms with Crippen molar-refractivity contribution in [3.8, 4) is 11.5 Å². The highest BCUT2D eigenvalue weighted by atomic mass is 28.3. The highest BCUT2D eigenvalue weighted by Gasteiger charge is 2.47. The van der Waals surface area contributed by atoms with Crippen LogP contribution in [0.4, 0.5) is 0 Å². The van der Waals surface area contributed by atoms with E-state index >= 15 is 0 Å². The smallest absolute Gasteiger partial charge is 0.156 e. The molecule has 2 aromatic rings. The summed E-state index contributed by atoms with van der Waals surface area (Å²) in [7, 11) is -1.14. The van der Waals surface area contributed by atoms with E-state index in [1.54, 1.807) is 6.33 Å². The van der Waals surface area contributed by atoms with Gasteiger partial charge in [0.1, 0.15) is 30.2 Å². The molecule has 1 aliphatic heterocycles. The molecule has 4 rings (SSSR count). The summed E-state index contributed by atoms with van der Waals surface area (Å²) in [5.74, 6) is 2.51. The van der Waals surface area contributed by atoms with Crippen LogP contribution >= 0.6 is 0 Å². The van der Waals surface area contributed by atoms with Gasteiger partial charge in [-0.25, -0.2) is 9.67 Å². The summed E-state index contributed by atoms with van der Waals surface area (Å²) < 4.78 is 14.5. The summed E-state index contributed by atoms with van der Waals surface area (Å²) in [4.78, 5) is 4.63. The van der Waals surface area contributed by atoms with Crippen molar-refractivity contribution in [3.05, 3.63) is 41.5 Å². The number of benzene rings is 1. The van der Waals surface area contributed by atoms with Crippen molar-refractivity contribution in [2.45, 2.75) is 129 Å². The van der Waals surface area contributed by atoms with E-state index in [2.05, 4.69) is 76.5 Å². The highest BCUT2D eigenvalue weighted by molar-refractivity contribution is 6.76. The Morgan fingerprint density at radius 3 is 2.67 bits per heavy atom. The Labute approximate surface area is 237 Å². The Bertz CT molecular complexity index is 1160. The van der Waals surface area contributed by atoms with E-state index in [9.17, 15) is 5.11 Å². The van der Waals surface area contributed by atoms with Crippen molar-refractivity contribution in [3.63, 3.8) is 0 Å². The largest absolute Gasteiger partial charge is 0.508 e. The number of phenols is 1. The van der Waals surface area contributed by atoms with E-state index in [1.807, 2.05) is 10.7 Å². The molecular weight excluding hydrogens is 502 g/mol. The van der Waals surface area contributed by atoms with Gasteiger partial charge < -0.3 is 14.6 Å². The van der Waals surface area contributed by atoms with Crippen molar-refractivity contribution < 1.29 is 14.6 Å². The number of phenolic OH excluding ortho intramolecular Hbond substituents is 1. The first kappa shape index (κ1) is 29.8. The van der Waals surface area contributed by atoms with E-state index in [0.717, 1.165) is 54.6 Å². The standard InChI is InChI=1S/C32H51N3O3Si/c1-9-10-11-12-15-31(2,3)24-19-27(36)29-25-18-23(13-14-26(25)32(4,5)38-28(29)20-24)30-33-21-34-35(30)22-37-16-17-39(6,7)8/h13,19-21,25-26,36H,9-12,14-18,22H2,1-8H3/q-1/t25-,26-/m1/s1. The van der Waals surface area contributed by atoms with E-state index < -0.39 is 8.07 Å². The third kappa shape index (κ3) is 6.97. The first-order valence-corrected chi connectivity index (χ1v) is 18.7. The Morgan fingerprint density at radius 1 is 1.18 bits per heavy atom.